The number of hydrogen-bond donors (Lipinski definition) is 2. The number of rotatable bonds is 1. The summed E-state index contributed by atoms with van der Waals surface area (Å²) in [6, 6.07) is 11.1. The summed E-state index contributed by atoms with van der Waals surface area (Å²) in [7, 11) is -3.77. The van der Waals surface area contributed by atoms with E-state index in [1.807, 2.05) is 18.2 Å². The van der Waals surface area contributed by atoms with Crippen LogP contribution in [0.5, 0.6) is 5.75 Å². The van der Waals surface area contributed by atoms with Gasteiger partial charge in [-0.25, -0.2) is 13.1 Å². The van der Waals surface area contributed by atoms with E-state index in [1.54, 1.807) is 25.1 Å². The van der Waals surface area contributed by atoms with E-state index in [0.29, 0.717) is 35.6 Å². The van der Waals surface area contributed by atoms with Crippen LogP contribution in [0.15, 0.2) is 36.4 Å². The maximum Gasteiger partial charge on any atom is 0.264 e. The Hall–Kier alpha value is -2.78. The molecule has 3 atom stereocenters. The molecule has 10 heteroatoms. The summed E-state index contributed by atoms with van der Waals surface area (Å²) in [5, 5.41) is 3.91. The molecule has 0 radical (unpaired) electrons. The second-order valence-electron chi connectivity index (χ2n) is 11.7. The molecule has 2 aliphatic heterocycles. The number of aryl methyl sites for hydroxylation is 1. The second-order valence-corrected chi connectivity index (χ2v) is 14.0. The summed E-state index contributed by atoms with van der Waals surface area (Å²) >= 11 is 6.30. The van der Waals surface area contributed by atoms with Gasteiger partial charge in [-0.1, -0.05) is 30.5 Å². The second kappa shape index (κ2) is 13.0. The SMILES string of the molecule is CC(=O)N[C@@H]1CCCCCS(=O)(=O)NC(=O)c2ccc3c(c2)N(CCCCc2cc(Cl)ccc2CO3)C[C@@H]2CC[C@H]21. The molecular weight excluding hydrogens is 562 g/mol. The van der Waals surface area contributed by atoms with Crippen molar-refractivity contribution in [1.82, 2.24) is 10.0 Å². The monoisotopic (exact) mass is 601 g/mol. The number of carbonyl (C=O) groups is 2. The van der Waals surface area contributed by atoms with Gasteiger partial charge in [0.05, 0.1) is 11.4 Å². The van der Waals surface area contributed by atoms with Crippen molar-refractivity contribution < 1.29 is 22.7 Å². The number of carbonyl (C=O) groups excluding carboxylic acids is 2. The van der Waals surface area contributed by atoms with Gasteiger partial charge in [-0.3, -0.25) is 9.59 Å². The van der Waals surface area contributed by atoms with Gasteiger partial charge in [0, 0.05) is 36.6 Å². The van der Waals surface area contributed by atoms with Crippen molar-refractivity contribution >= 4 is 39.1 Å². The zero-order valence-corrected chi connectivity index (χ0v) is 25.2. The molecule has 2 aromatic rings. The summed E-state index contributed by atoms with van der Waals surface area (Å²) in [6.07, 6.45) is 7.76. The summed E-state index contributed by atoms with van der Waals surface area (Å²) in [5.74, 6) is 0.643. The van der Waals surface area contributed by atoms with E-state index in [-0.39, 0.29) is 23.3 Å². The number of hydrogen-bond acceptors (Lipinski definition) is 6. The van der Waals surface area contributed by atoms with Gasteiger partial charge in [0.1, 0.15) is 12.4 Å². The Bertz CT molecular complexity index is 1380. The number of ether oxygens (including phenoxy) is 1. The Balaban J connectivity index is 1.51. The van der Waals surface area contributed by atoms with Crippen molar-refractivity contribution in [1.29, 1.82) is 0 Å². The molecule has 0 saturated heterocycles. The van der Waals surface area contributed by atoms with Crippen LogP contribution in [0.1, 0.15) is 79.8 Å². The molecule has 1 saturated carbocycles. The van der Waals surface area contributed by atoms with Gasteiger partial charge in [-0.15, -0.1) is 0 Å². The summed E-state index contributed by atoms with van der Waals surface area (Å²) in [4.78, 5) is 27.5. The number of fused-ring (bicyclic) bond motifs is 3. The Morgan fingerprint density at radius 2 is 1.88 bits per heavy atom. The molecule has 0 spiro atoms. The fourth-order valence-electron chi connectivity index (χ4n) is 6.45. The van der Waals surface area contributed by atoms with Crippen LogP contribution in [0.25, 0.3) is 0 Å². The lowest BCUT2D eigenvalue weighted by Gasteiger charge is -2.45. The highest BCUT2D eigenvalue weighted by Gasteiger charge is 2.38. The van der Waals surface area contributed by atoms with Gasteiger partial charge >= 0.3 is 0 Å². The highest BCUT2D eigenvalue weighted by molar-refractivity contribution is 7.90. The standard InChI is InChI=1S/C31H40ClN3O5S/c1-21(36)33-28-8-3-2-6-16-41(38,39)34-31(37)23-11-14-30-29(18-23)35(19-24-10-13-27(24)28)15-5-4-7-22-17-26(32)12-9-25(22)20-40-30/h9,11-12,14,17-18,24,27-28H,2-8,10,13,15-16,19-20H2,1H3,(H,33,36)(H,34,37)/t24-,27+,28+/m0/s1. The predicted molar refractivity (Wildman–Crippen MR) is 161 cm³/mol. The van der Waals surface area contributed by atoms with Gasteiger partial charge in [0.2, 0.25) is 15.9 Å². The molecule has 2 aromatic carbocycles. The van der Waals surface area contributed by atoms with Gasteiger partial charge in [-0.05, 0) is 98.2 Å². The summed E-state index contributed by atoms with van der Waals surface area (Å²) in [6.45, 7) is 3.48. The van der Waals surface area contributed by atoms with Crippen molar-refractivity contribution in [3.05, 3.63) is 58.1 Å². The molecule has 1 aliphatic carbocycles. The number of anilines is 1. The molecule has 2 amide bonds. The highest BCUT2D eigenvalue weighted by atomic mass is 35.5. The van der Waals surface area contributed by atoms with Crippen LogP contribution in [0.3, 0.4) is 0 Å². The lowest BCUT2D eigenvalue weighted by Crippen LogP contribution is -2.50. The molecule has 0 aromatic heterocycles. The normalized spacial score (nSPS) is 25.2. The van der Waals surface area contributed by atoms with E-state index in [0.717, 1.165) is 75.7 Å². The maximum absolute atomic E-state index is 13.1. The third-order valence-electron chi connectivity index (χ3n) is 8.75. The number of nitrogens with zero attached hydrogens (tertiary/aromatic N) is 1. The number of halogens is 1. The molecule has 5 rings (SSSR count). The molecule has 2 bridgehead atoms. The van der Waals surface area contributed by atoms with E-state index < -0.39 is 15.9 Å². The highest BCUT2D eigenvalue weighted by Crippen LogP contribution is 2.41. The Morgan fingerprint density at radius 1 is 1.02 bits per heavy atom. The van der Waals surface area contributed by atoms with Crippen molar-refractivity contribution in [2.75, 3.05) is 23.7 Å². The quantitative estimate of drug-likeness (QED) is 0.464. The van der Waals surface area contributed by atoms with Gasteiger partial charge in [0.15, 0.2) is 0 Å². The minimum atomic E-state index is -3.77. The van der Waals surface area contributed by atoms with Crippen LogP contribution in [0.2, 0.25) is 5.02 Å². The molecule has 8 nitrogen and oxygen atoms in total. The number of benzene rings is 2. The lowest BCUT2D eigenvalue weighted by molar-refractivity contribution is -0.120. The lowest BCUT2D eigenvalue weighted by atomic mass is 9.68. The first kappa shape index (κ1) is 29.7. The maximum atomic E-state index is 13.1. The third kappa shape index (κ3) is 7.55. The third-order valence-corrected chi connectivity index (χ3v) is 10.3. The molecule has 1 fully saturated rings. The van der Waals surface area contributed by atoms with E-state index in [9.17, 15) is 18.0 Å². The summed E-state index contributed by atoms with van der Waals surface area (Å²) in [5.41, 5.74) is 3.34. The molecule has 3 aliphatic rings. The van der Waals surface area contributed by atoms with Gasteiger partial charge in [0.25, 0.3) is 5.91 Å². The predicted octanol–water partition coefficient (Wildman–Crippen LogP) is 5.23. The Kier molecular flexibility index (Phi) is 9.44. The van der Waals surface area contributed by atoms with Crippen LogP contribution >= 0.6 is 11.6 Å². The van der Waals surface area contributed by atoms with Gasteiger partial charge < -0.3 is 15.0 Å². The average molecular weight is 602 g/mol. The first-order valence-corrected chi connectivity index (χ1v) is 16.8. The zero-order valence-electron chi connectivity index (χ0n) is 23.7. The number of nitrogens with one attached hydrogen (secondary N) is 2. The van der Waals surface area contributed by atoms with Crippen molar-refractivity contribution in [3.8, 4) is 5.75 Å². The first-order valence-electron chi connectivity index (χ1n) is 14.8. The Labute approximate surface area is 248 Å². The average Bonchev–Trinajstić information content (AvgIpc) is 2.92. The largest absolute Gasteiger partial charge is 0.487 e. The fourth-order valence-corrected chi connectivity index (χ4v) is 7.73. The topological polar surface area (TPSA) is 105 Å². The Morgan fingerprint density at radius 3 is 2.66 bits per heavy atom. The van der Waals surface area contributed by atoms with Crippen LogP contribution < -0.4 is 19.7 Å². The minimum absolute atomic E-state index is 0.0290. The number of sulfonamides is 1. The fraction of sp³-hybridized carbons (Fsp3) is 0.548. The van der Waals surface area contributed by atoms with Crippen LogP contribution in [-0.2, 0) is 27.8 Å². The molecular formula is C31H40ClN3O5S. The smallest absolute Gasteiger partial charge is 0.264 e. The van der Waals surface area contributed by atoms with Crippen molar-refractivity contribution in [2.45, 2.75) is 77.4 Å². The number of amides is 2. The summed E-state index contributed by atoms with van der Waals surface area (Å²) < 4.78 is 34.1. The van der Waals surface area contributed by atoms with Crippen LogP contribution in [-0.4, -0.2) is 45.1 Å². The van der Waals surface area contributed by atoms with E-state index in [4.69, 9.17) is 16.3 Å². The molecule has 0 unspecified atom stereocenters. The van der Waals surface area contributed by atoms with E-state index in [2.05, 4.69) is 14.9 Å². The van der Waals surface area contributed by atoms with Crippen LogP contribution in [0, 0.1) is 11.8 Å². The first-order chi connectivity index (χ1) is 19.7. The van der Waals surface area contributed by atoms with E-state index in [1.165, 1.54) is 5.56 Å². The minimum Gasteiger partial charge on any atom is -0.487 e. The molecule has 2 heterocycles. The molecule has 2 N–H and O–H groups in total. The zero-order chi connectivity index (χ0) is 29.0. The van der Waals surface area contributed by atoms with E-state index >= 15 is 0 Å². The van der Waals surface area contributed by atoms with Gasteiger partial charge in [-0.2, -0.15) is 0 Å². The molecule has 41 heavy (non-hydrogen) atoms. The van der Waals surface area contributed by atoms with Crippen molar-refractivity contribution in [3.63, 3.8) is 0 Å². The van der Waals surface area contributed by atoms with Crippen molar-refractivity contribution in [2.24, 2.45) is 11.8 Å². The van der Waals surface area contributed by atoms with Crippen LogP contribution in [0.4, 0.5) is 5.69 Å². The molecule has 222 valence electrons.